The van der Waals surface area contributed by atoms with Crippen molar-refractivity contribution in [3.63, 3.8) is 0 Å². The molecule has 0 spiro atoms. The molecule has 158 valence electrons. The van der Waals surface area contributed by atoms with Crippen molar-refractivity contribution in [1.29, 1.82) is 0 Å². The van der Waals surface area contributed by atoms with Crippen LogP contribution in [0.15, 0.2) is 28.8 Å². The molecule has 0 fully saturated rings. The lowest BCUT2D eigenvalue weighted by Crippen LogP contribution is -2.42. The number of halogens is 1. The lowest BCUT2D eigenvalue weighted by molar-refractivity contribution is -0.152. The number of esters is 1. The molecule has 0 aliphatic heterocycles. The van der Waals surface area contributed by atoms with E-state index in [1.165, 1.54) is 0 Å². The summed E-state index contributed by atoms with van der Waals surface area (Å²) < 4.78 is 10.7. The Kier molecular flexibility index (Phi) is 8.10. The Bertz CT molecular complexity index is 850. The molecular weight excluding hydrogens is 414 g/mol. The SMILES string of the molecule is CSCCC(NC(=O)c1ccccc1Cl)C(=O)OC(C)c1nc(C(C)(C)C)no1. The van der Waals surface area contributed by atoms with Crippen molar-refractivity contribution in [3.05, 3.63) is 46.6 Å². The Morgan fingerprint density at radius 3 is 2.59 bits per heavy atom. The van der Waals surface area contributed by atoms with Crippen LogP contribution in [0.2, 0.25) is 5.02 Å². The van der Waals surface area contributed by atoms with Crippen molar-refractivity contribution in [3.8, 4) is 0 Å². The number of nitrogens with zero attached hydrogens (tertiary/aromatic N) is 2. The third kappa shape index (κ3) is 6.47. The lowest BCUT2D eigenvalue weighted by Gasteiger charge is -2.19. The first-order valence-corrected chi connectivity index (χ1v) is 11.0. The molecule has 1 aromatic heterocycles. The minimum Gasteiger partial charge on any atom is -0.451 e. The van der Waals surface area contributed by atoms with E-state index in [2.05, 4.69) is 15.5 Å². The van der Waals surface area contributed by atoms with Crippen LogP contribution < -0.4 is 5.32 Å². The molecule has 0 saturated carbocycles. The van der Waals surface area contributed by atoms with Crippen LogP contribution in [0, 0.1) is 0 Å². The summed E-state index contributed by atoms with van der Waals surface area (Å²) >= 11 is 7.65. The zero-order chi connectivity index (χ0) is 21.6. The number of benzene rings is 1. The van der Waals surface area contributed by atoms with Crippen molar-refractivity contribution >= 4 is 35.2 Å². The topological polar surface area (TPSA) is 94.3 Å². The van der Waals surface area contributed by atoms with E-state index in [0.717, 1.165) is 0 Å². The van der Waals surface area contributed by atoms with E-state index in [0.29, 0.717) is 28.6 Å². The highest BCUT2D eigenvalue weighted by atomic mass is 35.5. The fourth-order valence-corrected chi connectivity index (χ4v) is 3.07. The summed E-state index contributed by atoms with van der Waals surface area (Å²) in [6, 6.07) is 5.84. The van der Waals surface area contributed by atoms with Gasteiger partial charge >= 0.3 is 5.97 Å². The van der Waals surface area contributed by atoms with E-state index in [-0.39, 0.29) is 11.3 Å². The highest BCUT2D eigenvalue weighted by Crippen LogP contribution is 2.23. The largest absolute Gasteiger partial charge is 0.451 e. The number of rotatable bonds is 8. The number of hydrogen-bond donors (Lipinski definition) is 1. The first-order valence-electron chi connectivity index (χ1n) is 9.22. The van der Waals surface area contributed by atoms with Gasteiger partial charge in [-0.05, 0) is 37.5 Å². The quantitative estimate of drug-likeness (QED) is 0.616. The molecule has 29 heavy (non-hydrogen) atoms. The summed E-state index contributed by atoms with van der Waals surface area (Å²) in [5.74, 6) is 0.415. The fourth-order valence-electron chi connectivity index (χ4n) is 2.38. The molecule has 9 heteroatoms. The Morgan fingerprint density at radius 1 is 1.31 bits per heavy atom. The van der Waals surface area contributed by atoms with Gasteiger partial charge in [0.25, 0.3) is 11.8 Å². The number of hydrogen-bond acceptors (Lipinski definition) is 7. The van der Waals surface area contributed by atoms with E-state index < -0.39 is 24.0 Å². The van der Waals surface area contributed by atoms with Crippen molar-refractivity contribution in [2.45, 2.75) is 51.7 Å². The number of aromatic nitrogens is 2. The molecule has 1 amide bonds. The van der Waals surface area contributed by atoms with Crippen LogP contribution in [0.4, 0.5) is 0 Å². The second kappa shape index (κ2) is 10.1. The second-order valence-electron chi connectivity index (χ2n) is 7.57. The summed E-state index contributed by atoms with van der Waals surface area (Å²) in [5, 5.41) is 6.98. The van der Waals surface area contributed by atoms with Crippen LogP contribution in [0.25, 0.3) is 0 Å². The molecule has 2 aromatic rings. The zero-order valence-corrected chi connectivity index (χ0v) is 18.8. The fraction of sp³-hybridized carbons (Fsp3) is 0.500. The number of amides is 1. The highest BCUT2D eigenvalue weighted by molar-refractivity contribution is 7.98. The molecule has 1 heterocycles. The summed E-state index contributed by atoms with van der Waals surface area (Å²) in [6.07, 6.45) is 1.60. The van der Waals surface area contributed by atoms with Gasteiger partial charge in [-0.1, -0.05) is 49.7 Å². The Balaban J connectivity index is 2.09. The molecule has 0 aliphatic rings. The van der Waals surface area contributed by atoms with Gasteiger partial charge in [0.1, 0.15) is 6.04 Å². The van der Waals surface area contributed by atoms with Gasteiger partial charge in [0, 0.05) is 5.41 Å². The van der Waals surface area contributed by atoms with E-state index in [1.54, 1.807) is 43.0 Å². The number of thioether (sulfide) groups is 1. The monoisotopic (exact) mass is 439 g/mol. The van der Waals surface area contributed by atoms with Crippen molar-refractivity contribution in [2.75, 3.05) is 12.0 Å². The van der Waals surface area contributed by atoms with E-state index in [9.17, 15) is 9.59 Å². The average molecular weight is 440 g/mol. The zero-order valence-electron chi connectivity index (χ0n) is 17.2. The van der Waals surface area contributed by atoms with Crippen LogP contribution in [0.3, 0.4) is 0 Å². The molecule has 2 atom stereocenters. The third-order valence-corrected chi connectivity index (χ3v) is 5.05. The maximum atomic E-state index is 12.7. The van der Waals surface area contributed by atoms with Gasteiger partial charge in [-0.2, -0.15) is 16.7 Å². The van der Waals surface area contributed by atoms with E-state index in [1.807, 2.05) is 27.0 Å². The van der Waals surface area contributed by atoms with Gasteiger partial charge in [-0.15, -0.1) is 0 Å². The normalized spacial score (nSPS) is 13.6. The maximum Gasteiger partial charge on any atom is 0.329 e. The van der Waals surface area contributed by atoms with Crippen LogP contribution in [-0.4, -0.2) is 40.1 Å². The van der Waals surface area contributed by atoms with Gasteiger partial charge in [-0.3, -0.25) is 4.79 Å². The highest BCUT2D eigenvalue weighted by Gasteiger charge is 2.28. The molecular formula is C20H26ClN3O4S. The Labute approximate surface area is 179 Å². The molecule has 2 unspecified atom stereocenters. The van der Waals surface area contributed by atoms with Crippen molar-refractivity contribution < 1.29 is 18.8 Å². The number of ether oxygens (including phenoxy) is 1. The van der Waals surface area contributed by atoms with Crippen molar-refractivity contribution in [2.24, 2.45) is 0 Å². The van der Waals surface area contributed by atoms with Crippen LogP contribution in [0.1, 0.15) is 62.3 Å². The molecule has 0 saturated heterocycles. The minimum absolute atomic E-state index is 0.212. The molecule has 0 radical (unpaired) electrons. The Hall–Kier alpha value is -2.06. The van der Waals surface area contributed by atoms with Gasteiger partial charge in [0.15, 0.2) is 11.9 Å². The number of carbonyl (C=O) groups is 2. The molecule has 0 bridgehead atoms. The predicted molar refractivity (Wildman–Crippen MR) is 113 cm³/mol. The van der Waals surface area contributed by atoms with Gasteiger partial charge in [0.2, 0.25) is 0 Å². The molecule has 1 aromatic carbocycles. The minimum atomic E-state index is -0.821. The summed E-state index contributed by atoms with van der Waals surface area (Å²) in [5.41, 5.74) is 0.0193. The number of nitrogens with one attached hydrogen (secondary N) is 1. The molecule has 0 aliphatic carbocycles. The molecule has 1 N–H and O–H groups in total. The van der Waals surface area contributed by atoms with Crippen LogP contribution in [0.5, 0.6) is 0 Å². The van der Waals surface area contributed by atoms with Gasteiger partial charge in [-0.25, -0.2) is 4.79 Å². The van der Waals surface area contributed by atoms with Crippen molar-refractivity contribution in [1.82, 2.24) is 15.5 Å². The summed E-state index contributed by atoms with van der Waals surface area (Å²) in [6.45, 7) is 7.53. The second-order valence-corrected chi connectivity index (χ2v) is 8.97. The first-order chi connectivity index (χ1) is 13.6. The smallest absolute Gasteiger partial charge is 0.329 e. The lowest BCUT2D eigenvalue weighted by atomic mass is 9.96. The van der Waals surface area contributed by atoms with Gasteiger partial charge < -0.3 is 14.6 Å². The van der Waals surface area contributed by atoms with E-state index >= 15 is 0 Å². The standard InChI is InChI=1S/C20H26ClN3O4S/c1-12(17-23-19(24-28-17)20(2,3)4)27-18(26)15(10-11-29-5)22-16(25)13-8-6-7-9-14(13)21/h6-9,12,15H,10-11H2,1-5H3,(H,22,25). The maximum absolute atomic E-state index is 12.7. The Morgan fingerprint density at radius 2 is 2.00 bits per heavy atom. The van der Waals surface area contributed by atoms with Crippen LogP contribution in [-0.2, 0) is 14.9 Å². The third-order valence-electron chi connectivity index (χ3n) is 4.07. The summed E-state index contributed by atoms with van der Waals surface area (Å²) in [4.78, 5) is 29.6. The molecule has 2 rings (SSSR count). The predicted octanol–water partition coefficient (Wildman–Crippen LogP) is 4.18. The summed E-state index contributed by atoms with van der Waals surface area (Å²) in [7, 11) is 0. The van der Waals surface area contributed by atoms with Gasteiger partial charge in [0.05, 0.1) is 10.6 Å². The average Bonchev–Trinajstić information content (AvgIpc) is 3.16. The molecule has 7 nitrogen and oxygen atoms in total. The van der Waals surface area contributed by atoms with Crippen LogP contribution >= 0.6 is 23.4 Å². The first kappa shape index (κ1) is 23.2. The van der Waals surface area contributed by atoms with E-state index in [4.69, 9.17) is 20.9 Å². The number of carbonyl (C=O) groups excluding carboxylic acids is 2.